The predicted octanol–water partition coefficient (Wildman–Crippen LogP) is 4.00. The number of ketones is 1. The van der Waals surface area contributed by atoms with E-state index in [1.54, 1.807) is 24.3 Å². The number of rotatable bonds is 5. The summed E-state index contributed by atoms with van der Waals surface area (Å²) in [5, 5.41) is 0.603. The van der Waals surface area contributed by atoms with Crippen LogP contribution in [-0.4, -0.2) is 35.4 Å². The molecule has 1 aliphatic rings. The Morgan fingerprint density at radius 2 is 1.80 bits per heavy atom. The standard InChI is InChI=1S/C19H22ClN3O2/c1-13-14(2)21-19(23-10-4-3-5-11-23)22-18(13)25-12-17(24)15-6-8-16(20)9-7-15/h6-9H,3-5,10-12H2,1-2H3. The lowest BCUT2D eigenvalue weighted by atomic mass is 10.1. The number of Topliss-reactive ketones (excluding diaryl/α,β-unsaturated/α-hetero) is 1. The van der Waals surface area contributed by atoms with Gasteiger partial charge in [0.15, 0.2) is 12.4 Å². The van der Waals surface area contributed by atoms with Gasteiger partial charge in [-0.3, -0.25) is 4.79 Å². The van der Waals surface area contributed by atoms with Crippen LogP contribution in [0.1, 0.15) is 40.9 Å². The van der Waals surface area contributed by atoms with E-state index in [1.807, 2.05) is 13.8 Å². The topological polar surface area (TPSA) is 55.3 Å². The minimum absolute atomic E-state index is 0.0572. The van der Waals surface area contributed by atoms with E-state index in [9.17, 15) is 4.79 Å². The zero-order valence-corrected chi connectivity index (χ0v) is 15.3. The maximum absolute atomic E-state index is 12.3. The number of halogens is 1. The van der Waals surface area contributed by atoms with Crippen molar-refractivity contribution in [1.29, 1.82) is 0 Å². The highest BCUT2D eigenvalue weighted by atomic mass is 35.5. The second-order valence-corrected chi connectivity index (χ2v) is 6.74. The maximum Gasteiger partial charge on any atom is 0.228 e. The molecule has 0 amide bonds. The molecule has 1 aromatic carbocycles. The number of piperidine rings is 1. The molecule has 6 heteroatoms. The molecule has 1 saturated heterocycles. The molecule has 0 radical (unpaired) electrons. The number of anilines is 1. The van der Waals surface area contributed by atoms with Crippen molar-refractivity contribution in [1.82, 2.24) is 9.97 Å². The number of carbonyl (C=O) groups is 1. The minimum atomic E-state index is -0.105. The van der Waals surface area contributed by atoms with Crippen molar-refractivity contribution in [2.75, 3.05) is 24.6 Å². The fraction of sp³-hybridized carbons (Fsp3) is 0.421. The van der Waals surface area contributed by atoms with Crippen molar-refractivity contribution < 1.29 is 9.53 Å². The lowest BCUT2D eigenvalue weighted by molar-refractivity contribution is 0.0917. The maximum atomic E-state index is 12.3. The van der Waals surface area contributed by atoms with Crippen LogP contribution in [0.15, 0.2) is 24.3 Å². The van der Waals surface area contributed by atoms with E-state index in [4.69, 9.17) is 16.3 Å². The Labute approximate surface area is 153 Å². The molecule has 132 valence electrons. The summed E-state index contributed by atoms with van der Waals surface area (Å²) in [6.45, 7) is 5.73. The zero-order valence-electron chi connectivity index (χ0n) is 14.6. The third-order valence-corrected chi connectivity index (χ3v) is 4.73. The van der Waals surface area contributed by atoms with Crippen LogP contribution in [-0.2, 0) is 0 Å². The molecule has 0 aliphatic carbocycles. The number of ether oxygens (including phenoxy) is 1. The normalized spacial score (nSPS) is 14.4. The van der Waals surface area contributed by atoms with Crippen LogP contribution < -0.4 is 9.64 Å². The molecule has 1 fully saturated rings. The lowest BCUT2D eigenvalue weighted by Crippen LogP contribution is -2.31. The highest BCUT2D eigenvalue weighted by Crippen LogP contribution is 2.23. The SMILES string of the molecule is Cc1nc(N2CCCCC2)nc(OCC(=O)c2ccc(Cl)cc2)c1C. The van der Waals surface area contributed by atoms with Gasteiger partial charge in [-0.2, -0.15) is 4.98 Å². The summed E-state index contributed by atoms with van der Waals surface area (Å²) in [6, 6.07) is 6.79. The first kappa shape index (κ1) is 17.7. The largest absolute Gasteiger partial charge is 0.469 e. The van der Waals surface area contributed by atoms with Crippen LogP contribution in [0.3, 0.4) is 0 Å². The number of hydrogen-bond acceptors (Lipinski definition) is 5. The molecule has 0 N–H and O–H groups in total. The van der Waals surface area contributed by atoms with E-state index in [0.29, 0.717) is 22.4 Å². The molecular formula is C19H22ClN3O2. The second kappa shape index (κ2) is 7.83. The Bertz CT molecular complexity index is 756. The van der Waals surface area contributed by atoms with E-state index < -0.39 is 0 Å². The van der Waals surface area contributed by atoms with Gasteiger partial charge in [-0.25, -0.2) is 4.98 Å². The molecule has 25 heavy (non-hydrogen) atoms. The minimum Gasteiger partial charge on any atom is -0.469 e. The fourth-order valence-corrected chi connectivity index (χ4v) is 2.94. The van der Waals surface area contributed by atoms with Crippen LogP contribution >= 0.6 is 11.6 Å². The zero-order chi connectivity index (χ0) is 17.8. The van der Waals surface area contributed by atoms with Crippen molar-refractivity contribution in [3.05, 3.63) is 46.1 Å². The van der Waals surface area contributed by atoms with Gasteiger partial charge in [-0.1, -0.05) is 11.6 Å². The first-order valence-electron chi connectivity index (χ1n) is 8.56. The van der Waals surface area contributed by atoms with Crippen molar-refractivity contribution in [2.45, 2.75) is 33.1 Å². The highest BCUT2D eigenvalue weighted by molar-refractivity contribution is 6.30. The first-order valence-corrected chi connectivity index (χ1v) is 8.94. The van der Waals surface area contributed by atoms with Gasteiger partial charge in [0, 0.05) is 34.9 Å². The van der Waals surface area contributed by atoms with Gasteiger partial charge >= 0.3 is 0 Å². The van der Waals surface area contributed by atoms with Gasteiger partial charge in [0.2, 0.25) is 11.8 Å². The third kappa shape index (κ3) is 4.28. The quantitative estimate of drug-likeness (QED) is 0.755. The molecule has 0 unspecified atom stereocenters. The molecular weight excluding hydrogens is 338 g/mol. The van der Waals surface area contributed by atoms with Crippen LogP contribution in [0.25, 0.3) is 0 Å². The summed E-state index contributed by atoms with van der Waals surface area (Å²) < 4.78 is 5.74. The Hall–Kier alpha value is -2.14. The van der Waals surface area contributed by atoms with Crippen molar-refractivity contribution >= 4 is 23.3 Å². The predicted molar refractivity (Wildman–Crippen MR) is 98.8 cm³/mol. The van der Waals surface area contributed by atoms with Gasteiger partial charge in [0.05, 0.1) is 0 Å². The molecule has 1 aromatic heterocycles. The first-order chi connectivity index (χ1) is 12.0. The Morgan fingerprint density at radius 3 is 2.48 bits per heavy atom. The van der Waals surface area contributed by atoms with Crippen LogP contribution in [0, 0.1) is 13.8 Å². The molecule has 0 spiro atoms. The Kier molecular flexibility index (Phi) is 5.53. The van der Waals surface area contributed by atoms with E-state index >= 15 is 0 Å². The summed E-state index contributed by atoms with van der Waals surface area (Å²) in [6.07, 6.45) is 3.56. The summed E-state index contributed by atoms with van der Waals surface area (Å²) >= 11 is 5.85. The molecule has 1 aliphatic heterocycles. The monoisotopic (exact) mass is 359 g/mol. The molecule has 3 rings (SSSR count). The van der Waals surface area contributed by atoms with E-state index in [2.05, 4.69) is 14.9 Å². The summed E-state index contributed by atoms with van der Waals surface area (Å²) in [4.78, 5) is 23.6. The van der Waals surface area contributed by atoms with Crippen molar-refractivity contribution in [2.24, 2.45) is 0 Å². The second-order valence-electron chi connectivity index (χ2n) is 6.31. The fourth-order valence-electron chi connectivity index (χ4n) is 2.82. The number of nitrogens with zero attached hydrogens (tertiary/aromatic N) is 3. The van der Waals surface area contributed by atoms with Gasteiger partial charge in [-0.05, 0) is 57.4 Å². The lowest BCUT2D eigenvalue weighted by Gasteiger charge is -2.27. The number of benzene rings is 1. The average molecular weight is 360 g/mol. The number of carbonyl (C=O) groups excluding carboxylic acids is 1. The molecule has 0 saturated carbocycles. The van der Waals surface area contributed by atoms with E-state index in [1.165, 1.54) is 6.42 Å². The van der Waals surface area contributed by atoms with E-state index in [0.717, 1.165) is 37.2 Å². The van der Waals surface area contributed by atoms with Crippen LogP contribution in [0.2, 0.25) is 5.02 Å². The molecule has 2 aromatic rings. The number of aromatic nitrogens is 2. The number of aryl methyl sites for hydroxylation is 1. The summed E-state index contributed by atoms with van der Waals surface area (Å²) in [5.41, 5.74) is 2.32. The van der Waals surface area contributed by atoms with E-state index in [-0.39, 0.29) is 12.4 Å². The van der Waals surface area contributed by atoms with Gasteiger partial charge in [0.25, 0.3) is 0 Å². The third-order valence-electron chi connectivity index (χ3n) is 4.48. The van der Waals surface area contributed by atoms with Crippen molar-refractivity contribution in [3.63, 3.8) is 0 Å². The average Bonchev–Trinajstić information content (AvgIpc) is 2.64. The van der Waals surface area contributed by atoms with Crippen LogP contribution in [0.5, 0.6) is 5.88 Å². The molecule has 5 nitrogen and oxygen atoms in total. The molecule has 0 bridgehead atoms. The molecule has 2 heterocycles. The summed E-state index contributed by atoms with van der Waals surface area (Å²) in [5.74, 6) is 1.07. The smallest absolute Gasteiger partial charge is 0.228 e. The number of hydrogen-bond donors (Lipinski definition) is 0. The highest BCUT2D eigenvalue weighted by Gasteiger charge is 2.18. The Balaban J connectivity index is 1.73. The van der Waals surface area contributed by atoms with Gasteiger partial charge in [-0.15, -0.1) is 0 Å². The van der Waals surface area contributed by atoms with Gasteiger partial charge in [0.1, 0.15) is 0 Å². The summed E-state index contributed by atoms with van der Waals surface area (Å²) in [7, 11) is 0. The molecule has 0 atom stereocenters. The van der Waals surface area contributed by atoms with Gasteiger partial charge < -0.3 is 9.64 Å². The van der Waals surface area contributed by atoms with Crippen molar-refractivity contribution in [3.8, 4) is 5.88 Å². The van der Waals surface area contributed by atoms with Crippen LogP contribution in [0.4, 0.5) is 5.95 Å². The Morgan fingerprint density at radius 1 is 1.12 bits per heavy atom.